The summed E-state index contributed by atoms with van der Waals surface area (Å²) in [4.78, 5) is 0. The molecular weight excluding hydrogens is 182 g/mol. The third-order valence-electron chi connectivity index (χ3n) is 1.98. The minimum atomic E-state index is 0.0631. The Morgan fingerprint density at radius 1 is 1.57 bits per heavy atom. The minimum absolute atomic E-state index is 0.0631. The Balaban J connectivity index is 2.63. The summed E-state index contributed by atoms with van der Waals surface area (Å²) >= 11 is 0. The normalized spacial score (nSPS) is 12.2. The van der Waals surface area contributed by atoms with Crippen LogP contribution in [-0.2, 0) is 0 Å². The zero-order valence-electron chi connectivity index (χ0n) is 7.55. The number of nitrogens with zero attached hydrogens (tertiary/aromatic N) is 4. The summed E-state index contributed by atoms with van der Waals surface area (Å²) in [6.07, 6.45) is 1.78. The highest BCUT2D eigenvalue weighted by Gasteiger charge is 2.04. The summed E-state index contributed by atoms with van der Waals surface area (Å²) in [7, 11) is 0. The average Bonchev–Trinajstić information content (AvgIpc) is 2.59. The molecule has 0 aromatic carbocycles. The monoisotopic (exact) mass is 191 g/mol. The first kappa shape index (κ1) is 8.49. The number of nitrogens with two attached hydrogens (primary N) is 1. The standard InChI is InChI=1S/C8H9N5O/c1-5-10-11-7-4-6(8(9)12-14)2-3-13(5)7/h2-4,14H,1H3,(H2,9,12). The van der Waals surface area contributed by atoms with Crippen molar-refractivity contribution in [1.82, 2.24) is 14.6 Å². The van der Waals surface area contributed by atoms with Crippen LogP contribution in [0.15, 0.2) is 23.5 Å². The maximum absolute atomic E-state index is 8.49. The van der Waals surface area contributed by atoms with Crippen molar-refractivity contribution in [2.75, 3.05) is 0 Å². The number of amidine groups is 1. The lowest BCUT2D eigenvalue weighted by molar-refractivity contribution is 0.318. The van der Waals surface area contributed by atoms with Crippen LogP contribution in [0.5, 0.6) is 0 Å². The predicted molar refractivity (Wildman–Crippen MR) is 50.2 cm³/mol. The van der Waals surface area contributed by atoms with Crippen molar-refractivity contribution in [3.8, 4) is 0 Å². The third kappa shape index (κ3) is 1.17. The Labute approximate surface area is 79.7 Å². The molecule has 2 heterocycles. The number of aromatic nitrogens is 3. The van der Waals surface area contributed by atoms with Crippen molar-refractivity contribution in [2.45, 2.75) is 6.92 Å². The second-order valence-corrected chi connectivity index (χ2v) is 2.88. The lowest BCUT2D eigenvalue weighted by Gasteiger charge is -1.99. The van der Waals surface area contributed by atoms with Gasteiger partial charge in [0.2, 0.25) is 0 Å². The average molecular weight is 191 g/mol. The number of rotatable bonds is 1. The molecule has 0 unspecified atom stereocenters. The molecule has 0 spiro atoms. The topological polar surface area (TPSA) is 88.8 Å². The van der Waals surface area contributed by atoms with E-state index in [1.54, 1.807) is 18.3 Å². The van der Waals surface area contributed by atoms with Gasteiger partial charge in [-0.3, -0.25) is 4.40 Å². The van der Waals surface area contributed by atoms with Crippen LogP contribution in [0.2, 0.25) is 0 Å². The molecule has 0 bridgehead atoms. The number of hydrogen-bond acceptors (Lipinski definition) is 4. The van der Waals surface area contributed by atoms with Gasteiger partial charge in [0.25, 0.3) is 0 Å². The molecule has 14 heavy (non-hydrogen) atoms. The number of hydrogen-bond donors (Lipinski definition) is 2. The minimum Gasteiger partial charge on any atom is -0.409 e. The first-order valence-corrected chi connectivity index (χ1v) is 4.01. The van der Waals surface area contributed by atoms with Crippen LogP contribution in [-0.4, -0.2) is 25.6 Å². The Morgan fingerprint density at radius 2 is 2.36 bits per heavy atom. The van der Waals surface area contributed by atoms with Gasteiger partial charge >= 0.3 is 0 Å². The highest BCUT2D eigenvalue weighted by atomic mass is 16.4. The molecule has 0 saturated heterocycles. The lowest BCUT2D eigenvalue weighted by atomic mass is 10.2. The molecule has 6 nitrogen and oxygen atoms in total. The summed E-state index contributed by atoms with van der Waals surface area (Å²) in [5, 5.41) is 19.2. The number of fused-ring (bicyclic) bond motifs is 1. The van der Waals surface area contributed by atoms with Crippen LogP contribution in [0, 0.1) is 6.92 Å². The van der Waals surface area contributed by atoms with Gasteiger partial charge in [-0.25, -0.2) is 0 Å². The van der Waals surface area contributed by atoms with Crippen molar-refractivity contribution in [3.63, 3.8) is 0 Å². The van der Waals surface area contributed by atoms with Crippen molar-refractivity contribution >= 4 is 11.5 Å². The van der Waals surface area contributed by atoms with Gasteiger partial charge in [-0.1, -0.05) is 5.16 Å². The van der Waals surface area contributed by atoms with Crippen molar-refractivity contribution < 1.29 is 5.21 Å². The first-order chi connectivity index (χ1) is 6.72. The molecular formula is C8H9N5O. The van der Waals surface area contributed by atoms with E-state index in [9.17, 15) is 0 Å². The Bertz CT molecular complexity index is 501. The molecule has 2 aromatic rings. The van der Waals surface area contributed by atoms with Gasteiger partial charge < -0.3 is 10.9 Å². The number of pyridine rings is 1. The smallest absolute Gasteiger partial charge is 0.170 e. The molecule has 0 aliphatic carbocycles. The van der Waals surface area contributed by atoms with Gasteiger partial charge in [-0.2, -0.15) is 0 Å². The lowest BCUT2D eigenvalue weighted by Crippen LogP contribution is -2.13. The second kappa shape index (κ2) is 2.99. The zero-order chi connectivity index (χ0) is 10.1. The van der Waals surface area contributed by atoms with Crippen molar-refractivity contribution in [1.29, 1.82) is 0 Å². The largest absolute Gasteiger partial charge is 0.409 e. The van der Waals surface area contributed by atoms with E-state index in [2.05, 4.69) is 15.4 Å². The van der Waals surface area contributed by atoms with Gasteiger partial charge in [0.15, 0.2) is 11.5 Å². The molecule has 0 aliphatic heterocycles. The van der Waals surface area contributed by atoms with E-state index in [4.69, 9.17) is 10.9 Å². The van der Waals surface area contributed by atoms with E-state index in [-0.39, 0.29) is 5.84 Å². The van der Waals surface area contributed by atoms with Gasteiger partial charge in [0.1, 0.15) is 5.82 Å². The van der Waals surface area contributed by atoms with Crippen molar-refractivity contribution in [3.05, 3.63) is 29.7 Å². The molecule has 0 radical (unpaired) electrons. The van der Waals surface area contributed by atoms with Crippen molar-refractivity contribution in [2.24, 2.45) is 10.9 Å². The van der Waals surface area contributed by atoms with Gasteiger partial charge in [0.05, 0.1) is 0 Å². The molecule has 0 aliphatic rings. The summed E-state index contributed by atoms with van der Waals surface area (Å²) in [6.45, 7) is 1.85. The van der Waals surface area contributed by atoms with E-state index >= 15 is 0 Å². The highest BCUT2D eigenvalue weighted by Crippen LogP contribution is 2.06. The number of oxime groups is 1. The SMILES string of the molecule is Cc1nnc2cc(/C(N)=N\O)ccn12. The molecule has 72 valence electrons. The highest BCUT2D eigenvalue weighted by molar-refractivity contribution is 5.97. The Hall–Kier alpha value is -2.11. The molecule has 0 atom stereocenters. The summed E-state index contributed by atoms with van der Waals surface area (Å²) in [5.41, 5.74) is 6.73. The summed E-state index contributed by atoms with van der Waals surface area (Å²) < 4.78 is 1.81. The first-order valence-electron chi connectivity index (χ1n) is 4.01. The van der Waals surface area contributed by atoms with E-state index < -0.39 is 0 Å². The molecule has 0 fully saturated rings. The van der Waals surface area contributed by atoms with E-state index in [1.165, 1.54) is 0 Å². The fraction of sp³-hybridized carbons (Fsp3) is 0.125. The molecule has 3 N–H and O–H groups in total. The van der Waals surface area contributed by atoms with Gasteiger partial charge in [-0.05, 0) is 19.1 Å². The van der Waals surface area contributed by atoms with E-state index in [1.807, 2.05) is 11.3 Å². The fourth-order valence-corrected chi connectivity index (χ4v) is 1.23. The second-order valence-electron chi connectivity index (χ2n) is 2.88. The molecule has 0 amide bonds. The molecule has 2 rings (SSSR count). The van der Waals surface area contributed by atoms with Crippen LogP contribution in [0.25, 0.3) is 5.65 Å². The van der Waals surface area contributed by atoms with Crippen LogP contribution in [0.1, 0.15) is 11.4 Å². The molecule has 6 heteroatoms. The maximum atomic E-state index is 8.49. The Morgan fingerprint density at radius 3 is 3.07 bits per heavy atom. The summed E-state index contributed by atoms with van der Waals surface area (Å²) in [6, 6.07) is 3.44. The van der Waals surface area contributed by atoms with E-state index in [0.717, 1.165) is 5.82 Å². The Kier molecular flexibility index (Phi) is 1.81. The number of aryl methyl sites for hydroxylation is 1. The quantitative estimate of drug-likeness (QED) is 0.290. The van der Waals surface area contributed by atoms with E-state index in [0.29, 0.717) is 11.2 Å². The summed E-state index contributed by atoms with van der Waals surface area (Å²) in [5.74, 6) is 0.860. The van der Waals surface area contributed by atoms with Crippen LogP contribution >= 0.6 is 0 Å². The van der Waals surface area contributed by atoms with Crippen LogP contribution in [0.3, 0.4) is 0 Å². The fourth-order valence-electron chi connectivity index (χ4n) is 1.23. The molecule has 0 saturated carbocycles. The maximum Gasteiger partial charge on any atom is 0.170 e. The third-order valence-corrected chi connectivity index (χ3v) is 1.98. The van der Waals surface area contributed by atoms with Crippen LogP contribution in [0.4, 0.5) is 0 Å². The molecule has 2 aromatic heterocycles. The predicted octanol–water partition coefficient (Wildman–Crippen LogP) is 0.132. The van der Waals surface area contributed by atoms with Crippen LogP contribution < -0.4 is 5.73 Å². The van der Waals surface area contributed by atoms with Gasteiger partial charge in [0, 0.05) is 11.8 Å². The zero-order valence-corrected chi connectivity index (χ0v) is 7.55. The van der Waals surface area contributed by atoms with Gasteiger partial charge in [-0.15, -0.1) is 10.2 Å².